The normalized spacial score (nSPS) is 7.22. The summed E-state index contributed by atoms with van der Waals surface area (Å²) < 4.78 is 0. The highest BCUT2D eigenvalue weighted by atomic mass is 14.5. The van der Waals surface area contributed by atoms with Crippen LogP contribution in [-0.2, 0) is 0 Å². The third-order valence-electron chi connectivity index (χ3n) is 0.853. The molecule has 0 saturated heterocycles. The predicted molar refractivity (Wildman–Crippen MR) is 41.0 cm³/mol. The fourth-order valence-corrected chi connectivity index (χ4v) is 0.367. The number of allylic oxidation sites excluding steroid dienone is 1. The monoisotopic (exact) mass is 121 g/mol. The zero-order valence-electron chi connectivity index (χ0n) is 5.43. The Kier molecular flexibility index (Phi) is 4.51. The number of rotatable bonds is 3. The summed E-state index contributed by atoms with van der Waals surface area (Å²) in [6, 6.07) is 0. The zero-order valence-corrected chi connectivity index (χ0v) is 5.43. The fourth-order valence-electron chi connectivity index (χ4n) is 0.367. The average Bonchev–Trinajstić information content (AvgIpc) is 1.91. The van der Waals surface area contributed by atoms with E-state index in [9.17, 15) is 0 Å². The van der Waals surface area contributed by atoms with Crippen LogP contribution in [-0.4, -0.2) is 6.54 Å². The van der Waals surface area contributed by atoms with Crippen molar-refractivity contribution in [2.75, 3.05) is 6.54 Å². The summed E-state index contributed by atoms with van der Waals surface area (Å²) >= 11 is 0. The van der Waals surface area contributed by atoms with E-state index in [1.807, 2.05) is 0 Å². The second-order valence-corrected chi connectivity index (χ2v) is 1.48. The van der Waals surface area contributed by atoms with Crippen LogP contribution < -0.4 is 5.73 Å². The standard InChI is InChI=1S/C8H11N/c1-3-5-6-8(4-2)7-9/h3-5H,1-2,7,9H2. The molecule has 0 fully saturated rings. The Morgan fingerprint density at radius 3 is 2.56 bits per heavy atom. The first kappa shape index (κ1) is 7.96. The average molecular weight is 121 g/mol. The van der Waals surface area contributed by atoms with E-state index < -0.39 is 0 Å². The van der Waals surface area contributed by atoms with Crippen molar-refractivity contribution in [2.24, 2.45) is 5.73 Å². The van der Waals surface area contributed by atoms with Gasteiger partial charge in [-0.2, -0.15) is 0 Å². The van der Waals surface area contributed by atoms with E-state index in [2.05, 4.69) is 18.9 Å². The summed E-state index contributed by atoms with van der Waals surface area (Å²) in [5.41, 5.74) is 9.10. The quantitative estimate of drug-likeness (QED) is 0.443. The fraction of sp³-hybridized carbons (Fsp3) is 0.125. The minimum atomic E-state index is 0.480. The Balaban J connectivity index is 4.22. The molecule has 0 bridgehead atoms. The van der Waals surface area contributed by atoms with Gasteiger partial charge in [0, 0.05) is 12.1 Å². The van der Waals surface area contributed by atoms with E-state index >= 15 is 0 Å². The minimum absolute atomic E-state index is 0.480. The largest absolute Gasteiger partial charge is 0.326 e. The van der Waals surface area contributed by atoms with Gasteiger partial charge in [0.2, 0.25) is 0 Å². The predicted octanol–water partition coefficient (Wildman–Crippen LogP) is 1.40. The highest BCUT2D eigenvalue weighted by molar-refractivity contribution is 5.18. The van der Waals surface area contributed by atoms with Crippen molar-refractivity contribution in [1.29, 1.82) is 0 Å². The van der Waals surface area contributed by atoms with Gasteiger partial charge in [0.1, 0.15) is 0 Å². The van der Waals surface area contributed by atoms with E-state index in [0.29, 0.717) is 6.54 Å². The molecule has 0 amide bonds. The van der Waals surface area contributed by atoms with Crippen LogP contribution in [0.15, 0.2) is 42.7 Å². The van der Waals surface area contributed by atoms with Crippen LogP contribution >= 0.6 is 0 Å². The first-order valence-electron chi connectivity index (χ1n) is 2.74. The molecular weight excluding hydrogens is 110 g/mol. The Morgan fingerprint density at radius 1 is 1.56 bits per heavy atom. The van der Waals surface area contributed by atoms with E-state index in [0.717, 1.165) is 5.57 Å². The van der Waals surface area contributed by atoms with Crippen molar-refractivity contribution in [2.45, 2.75) is 0 Å². The lowest BCUT2D eigenvalue weighted by Crippen LogP contribution is -1.98. The molecule has 0 aliphatic rings. The molecular formula is C8H11N. The smallest absolute Gasteiger partial charge is 0.0252 e. The molecule has 0 aliphatic heterocycles. The van der Waals surface area contributed by atoms with Gasteiger partial charge in [0.25, 0.3) is 0 Å². The molecule has 0 aromatic rings. The van der Waals surface area contributed by atoms with Crippen LogP contribution in [0.5, 0.6) is 0 Å². The molecule has 0 saturated carbocycles. The number of hydrogen-bond donors (Lipinski definition) is 1. The highest BCUT2D eigenvalue weighted by Crippen LogP contribution is 1.86. The lowest BCUT2D eigenvalue weighted by atomic mass is 10.3. The Hall–Kier alpha value is -1.04. The molecule has 0 atom stereocenters. The van der Waals surface area contributed by atoms with Crippen LogP contribution in [0, 0.1) is 0 Å². The molecule has 0 aromatic carbocycles. The van der Waals surface area contributed by atoms with Gasteiger partial charge in [-0.3, -0.25) is 0 Å². The van der Waals surface area contributed by atoms with Crippen molar-refractivity contribution in [1.82, 2.24) is 0 Å². The number of hydrogen-bond acceptors (Lipinski definition) is 1. The Bertz CT molecular complexity index is 159. The number of nitrogens with two attached hydrogens (primary N) is 1. The van der Waals surface area contributed by atoms with Crippen molar-refractivity contribution in [3.8, 4) is 0 Å². The summed E-state index contributed by atoms with van der Waals surface area (Å²) in [5, 5.41) is 0. The van der Waals surface area contributed by atoms with Gasteiger partial charge < -0.3 is 5.73 Å². The Labute approximate surface area is 55.9 Å². The maximum absolute atomic E-state index is 5.30. The van der Waals surface area contributed by atoms with Crippen LogP contribution in [0.25, 0.3) is 0 Å². The van der Waals surface area contributed by atoms with Gasteiger partial charge in [-0.1, -0.05) is 25.3 Å². The third kappa shape index (κ3) is 3.53. The Morgan fingerprint density at radius 2 is 2.22 bits per heavy atom. The lowest BCUT2D eigenvalue weighted by molar-refractivity contribution is 1.19. The molecule has 0 aliphatic carbocycles. The van der Waals surface area contributed by atoms with Crippen molar-refractivity contribution in [3.05, 3.63) is 42.7 Å². The van der Waals surface area contributed by atoms with Crippen molar-refractivity contribution >= 4 is 0 Å². The zero-order chi connectivity index (χ0) is 7.11. The topological polar surface area (TPSA) is 26.0 Å². The molecule has 0 heterocycles. The summed E-state index contributed by atoms with van der Waals surface area (Å²) in [7, 11) is 0. The maximum Gasteiger partial charge on any atom is 0.0252 e. The van der Waals surface area contributed by atoms with E-state index in [1.165, 1.54) is 0 Å². The second kappa shape index (κ2) is 5.10. The highest BCUT2D eigenvalue weighted by Gasteiger charge is 1.78. The first-order valence-corrected chi connectivity index (χ1v) is 2.74. The van der Waals surface area contributed by atoms with Gasteiger partial charge in [0.05, 0.1) is 0 Å². The van der Waals surface area contributed by atoms with Crippen LogP contribution in [0.4, 0.5) is 0 Å². The molecule has 2 N–H and O–H groups in total. The minimum Gasteiger partial charge on any atom is -0.326 e. The molecule has 1 heteroatoms. The van der Waals surface area contributed by atoms with Gasteiger partial charge >= 0.3 is 0 Å². The summed E-state index contributed by atoms with van der Waals surface area (Å²) in [5.74, 6) is 0. The second-order valence-electron chi connectivity index (χ2n) is 1.48. The van der Waals surface area contributed by atoms with Crippen molar-refractivity contribution in [3.63, 3.8) is 0 Å². The summed E-state index contributed by atoms with van der Waals surface area (Å²) in [4.78, 5) is 0. The third-order valence-corrected chi connectivity index (χ3v) is 0.853. The molecule has 9 heavy (non-hydrogen) atoms. The van der Waals surface area contributed by atoms with Gasteiger partial charge in [0.15, 0.2) is 0 Å². The van der Waals surface area contributed by atoms with E-state index in [-0.39, 0.29) is 0 Å². The maximum atomic E-state index is 5.30. The summed E-state index contributed by atoms with van der Waals surface area (Å²) in [6.45, 7) is 7.53. The SMILES string of the molecule is C=CC=C=C(C=C)CN. The molecule has 1 nitrogen and oxygen atoms in total. The van der Waals surface area contributed by atoms with Crippen LogP contribution in [0.2, 0.25) is 0 Å². The molecule has 0 aromatic heterocycles. The molecule has 0 radical (unpaired) electrons. The van der Waals surface area contributed by atoms with Crippen LogP contribution in [0.3, 0.4) is 0 Å². The van der Waals surface area contributed by atoms with Gasteiger partial charge in [-0.15, -0.1) is 5.73 Å². The lowest BCUT2D eigenvalue weighted by Gasteiger charge is -1.85. The first-order chi connectivity index (χ1) is 4.35. The van der Waals surface area contributed by atoms with Gasteiger partial charge in [-0.25, -0.2) is 0 Å². The molecule has 0 rings (SSSR count). The van der Waals surface area contributed by atoms with Crippen molar-refractivity contribution < 1.29 is 0 Å². The van der Waals surface area contributed by atoms with E-state index in [1.54, 1.807) is 18.2 Å². The van der Waals surface area contributed by atoms with Crippen LogP contribution in [0.1, 0.15) is 0 Å². The molecule has 0 unspecified atom stereocenters. The van der Waals surface area contributed by atoms with E-state index in [4.69, 9.17) is 5.73 Å². The molecule has 0 spiro atoms. The molecule has 48 valence electrons. The summed E-state index contributed by atoms with van der Waals surface area (Å²) in [6.07, 6.45) is 5.04. The van der Waals surface area contributed by atoms with Gasteiger partial charge in [-0.05, 0) is 6.08 Å².